The van der Waals surface area contributed by atoms with E-state index in [1.165, 1.54) is 0 Å². The number of anilines is 1. The maximum absolute atomic E-state index is 12.8. The molecule has 0 bridgehead atoms. The summed E-state index contributed by atoms with van der Waals surface area (Å²) in [6.45, 7) is 11.1. The first-order valence-electron chi connectivity index (χ1n) is 8.98. The third kappa shape index (κ3) is 6.39. The van der Waals surface area contributed by atoms with Crippen LogP contribution < -0.4 is 10.1 Å². The Morgan fingerprint density at radius 1 is 1.28 bits per heavy atom. The fourth-order valence-corrected chi connectivity index (χ4v) is 2.62. The van der Waals surface area contributed by atoms with Gasteiger partial charge in [-0.15, -0.1) is 0 Å². The predicted octanol–water partition coefficient (Wildman–Crippen LogP) is 4.52. The summed E-state index contributed by atoms with van der Waals surface area (Å²) in [7, 11) is 0. The van der Waals surface area contributed by atoms with Crippen molar-refractivity contribution in [2.24, 2.45) is 5.92 Å². The fraction of sp³-hybridized carbons (Fsp3) is 0.600. The smallest absolute Gasteiger partial charge is 0.256 e. The summed E-state index contributed by atoms with van der Waals surface area (Å²) in [4.78, 5) is 12.8. The molecule has 0 saturated heterocycles. The van der Waals surface area contributed by atoms with Gasteiger partial charge in [0.25, 0.3) is 5.91 Å². The summed E-state index contributed by atoms with van der Waals surface area (Å²) in [6, 6.07) is 7.22. The van der Waals surface area contributed by atoms with Gasteiger partial charge >= 0.3 is 0 Å². The molecule has 1 aromatic carbocycles. The van der Waals surface area contributed by atoms with E-state index >= 15 is 0 Å². The quantitative estimate of drug-likeness (QED) is 0.676. The van der Waals surface area contributed by atoms with E-state index in [1.807, 2.05) is 20.8 Å². The monoisotopic (exact) mass is 346 g/mol. The summed E-state index contributed by atoms with van der Waals surface area (Å²) >= 11 is 0. The van der Waals surface area contributed by atoms with Crippen LogP contribution in [0.4, 0.5) is 5.69 Å². The van der Waals surface area contributed by atoms with Crippen LogP contribution in [0, 0.1) is 17.2 Å². The van der Waals surface area contributed by atoms with Crippen LogP contribution in [0.2, 0.25) is 0 Å². The van der Waals surface area contributed by atoms with Crippen LogP contribution in [-0.2, 0) is 9.53 Å². The Bertz CT molecular complexity index is 607. The number of rotatable bonds is 10. The number of carbonyl (C=O) groups excluding carboxylic acids is 1. The number of hydrogen-bond acceptors (Lipinski definition) is 4. The molecule has 0 aliphatic heterocycles. The van der Waals surface area contributed by atoms with Crippen LogP contribution in [0.15, 0.2) is 18.2 Å². The Labute approximate surface area is 151 Å². The van der Waals surface area contributed by atoms with Crippen molar-refractivity contribution in [2.45, 2.75) is 59.5 Å². The van der Waals surface area contributed by atoms with Crippen LogP contribution in [0.1, 0.15) is 59.4 Å². The van der Waals surface area contributed by atoms with E-state index in [9.17, 15) is 10.1 Å². The first-order chi connectivity index (χ1) is 11.9. The summed E-state index contributed by atoms with van der Waals surface area (Å²) in [5.74, 6) is 0.669. The Morgan fingerprint density at radius 3 is 2.52 bits per heavy atom. The molecule has 0 heterocycles. The molecule has 0 aromatic heterocycles. The van der Waals surface area contributed by atoms with Crippen LogP contribution in [0.3, 0.4) is 0 Å². The first kappa shape index (κ1) is 21.0. The van der Waals surface area contributed by atoms with Gasteiger partial charge in [0, 0.05) is 12.3 Å². The van der Waals surface area contributed by atoms with E-state index in [1.54, 1.807) is 18.2 Å². The molecule has 1 unspecified atom stereocenters. The van der Waals surface area contributed by atoms with Gasteiger partial charge in [-0.25, -0.2) is 0 Å². The number of hydrogen-bond donors (Lipinski definition) is 1. The highest BCUT2D eigenvalue weighted by Crippen LogP contribution is 2.26. The van der Waals surface area contributed by atoms with Gasteiger partial charge in [0.15, 0.2) is 0 Å². The molecule has 1 amide bonds. The molecule has 138 valence electrons. The van der Waals surface area contributed by atoms with Gasteiger partial charge in [-0.2, -0.15) is 5.26 Å². The van der Waals surface area contributed by atoms with Crippen LogP contribution in [-0.4, -0.2) is 24.7 Å². The number of nitriles is 1. The lowest BCUT2D eigenvalue weighted by atomic mass is 9.93. The van der Waals surface area contributed by atoms with E-state index in [0.29, 0.717) is 42.6 Å². The van der Waals surface area contributed by atoms with Crippen molar-refractivity contribution in [3.8, 4) is 11.8 Å². The molecular formula is C20H30N2O3. The van der Waals surface area contributed by atoms with Gasteiger partial charge in [0.1, 0.15) is 17.4 Å². The molecule has 0 aliphatic carbocycles. The Morgan fingerprint density at radius 2 is 1.96 bits per heavy atom. The molecular weight excluding hydrogens is 316 g/mol. The number of nitrogens with one attached hydrogen (secondary N) is 1. The Hall–Kier alpha value is -2.06. The Kier molecular flexibility index (Phi) is 8.44. The second-order valence-electron chi connectivity index (χ2n) is 6.80. The first-order valence-corrected chi connectivity index (χ1v) is 8.98. The molecule has 0 saturated carbocycles. The summed E-state index contributed by atoms with van der Waals surface area (Å²) in [6.07, 6.45) is 2.34. The van der Waals surface area contributed by atoms with Gasteiger partial charge in [0.2, 0.25) is 0 Å². The highest BCUT2D eigenvalue weighted by Gasteiger charge is 2.35. The molecule has 1 rings (SSSR count). The summed E-state index contributed by atoms with van der Waals surface area (Å²) in [5.41, 5.74) is 0.0840. The lowest BCUT2D eigenvalue weighted by Crippen LogP contribution is -2.44. The normalized spacial score (nSPS) is 13.2. The topological polar surface area (TPSA) is 71.3 Å². The number of carbonyl (C=O) groups is 1. The zero-order chi connectivity index (χ0) is 18.9. The van der Waals surface area contributed by atoms with Crippen molar-refractivity contribution in [1.29, 1.82) is 5.26 Å². The fourth-order valence-electron chi connectivity index (χ4n) is 2.62. The molecule has 0 fully saturated rings. The standard InChI is InChI=1S/C20H30N2O3/c1-6-10-24-18-9-8-17(12-16(18)14-21)22-19(23)20(5,13-15(3)4)25-11-7-2/h8-9,12,15H,6-7,10-11,13H2,1-5H3,(H,22,23). The van der Waals surface area contributed by atoms with Crippen molar-refractivity contribution in [3.63, 3.8) is 0 Å². The Balaban J connectivity index is 2.94. The third-order valence-electron chi connectivity index (χ3n) is 3.72. The lowest BCUT2D eigenvalue weighted by Gasteiger charge is -2.30. The van der Waals surface area contributed by atoms with Crippen molar-refractivity contribution >= 4 is 11.6 Å². The van der Waals surface area contributed by atoms with E-state index in [2.05, 4.69) is 25.2 Å². The predicted molar refractivity (Wildman–Crippen MR) is 99.7 cm³/mol. The third-order valence-corrected chi connectivity index (χ3v) is 3.72. The van der Waals surface area contributed by atoms with Gasteiger partial charge in [-0.05, 0) is 50.3 Å². The van der Waals surface area contributed by atoms with Crippen molar-refractivity contribution in [2.75, 3.05) is 18.5 Å². The van der Waals surface area contributed by atoms with Crippen molar-refractivity contribution in [3.05, 3.63) is 23.8 Å². The molecule has 5 heteroatoms. The molecule has 1 atom stereocenters. The number of benzene rings is 1. The second-order valence-corrected chi connectivity index (χ2v) is 6.80. The molecule has 0 spiro atoms. The van der Waals surface area contributed by atoms with Crippen LogP contribution in [0.25, 0.3) is 0 Å². The maximum atomic E-state index is 12.8. The summed E-state index contributed by atoms with van der Waals surface area (Å²) in [5, 5.41) is 12.2. The van der Waals surface area contributed by atoms with Crippen LogP contribution >= 0.6 is 0 Å². The number of ether oxygens (including phenoxy) is 2. The summed E-state index contributed by atoms with van der Waals surface area (Å²) < 4.78 is 11.4. The number of nitrogens with zero attached hydrogens (tertiary/aromatic N) is 1. The number of amides is 1. The molecule has 25 heavy (non-hydrogen) atoms. The minimum atomic E-state index is -0.894. The minimum absolute atomic E-state index is 0.194. The van der Waals surface area contributed by atoms with Crippen molar-refractivity contribution < 1.29 is 14.3 Å². The van der Waals surface area contributed by atoms with E-state index in [0.717, 1.165) is 12.8 Å². The van der Waals surface area contributed by atoms with Crippen LogP contribution in [0.5, 0.6) is 5.75 Å². The molecule has 0 aliphatic rings. The highest BCUT2D eigenvalue weighted by molar-refractivity contribution is 5.97. The molecule has 1 N–H and O–H groups in total. The van der Waals surface area contributed by atoms with E-state index in [-0.39, 0.29) is 5.91 Å². The van der Waals surface area contributed by atoms with Crippen molar-refractivity contribution in [1.82, 2.24) is 0 Å². The van der Waals surface area contributed by atoms with Gasteiger partial charge < -0.3 is 14.8 Å². The van der Waals surface area contributed by atoms with E-state index < -0.39 is 5.60 Å². The van der Waals surface area contributed by atoms with Gasteiger partial charge in [-0.1, -0.05) is 27.7 Å². The van der Waals surface area contributed by atoms with Gasteiger partial charge in [-0.3, -0.25) is 4.79 Å². The van der Waals surface area contributed by atoms with E-state index in [4.69, 9.17) is 9.47 Å². The minimum Gasteiger partial charge on any atom is -0.492 e. The average molecular weight is 346 g/mol. The molecule has 1 aromatic rings. The molecule has 0 radical (unpaired) electrons. The highest BCUT2D eigenvalue weighted by atomic mass is 16.5. The second kappa shape index (κ2) is 10.0. The zero-order valence-corrected chi connectivity index (χ0v) is 16.0. The largest absolute Gasteiger partial charge is 0.492 e. The lowest BCUT2D eigenvalue weighted by molar-refractivity contribution is -0.141. The average Bonchev–Trinajstić information content (AvgIpc) is 2.58. The SMILES string of the molecule is CCCOc1ccc(NC(=O)C(C)(CC(C)C)OCCC)cc1C#N. The van der Waals surface area contributed by atoms with Gasteiger partial charge in [0.05, 0.1) is 12.2 Å². The maximum Gasteiger partial charge on any atom is 0.256 e. The molecule has 5 nitrogen and oxygen atoms in total. The zero-order valence-electron chi connectivity index (χ0n) is 16.0.